The summed E-state index contributed by atoms with van der Waals surface area (Å²) in [4.78, 5) is 3.89. The fourth-order valence-corrected chi connectivity index (χ4v) is 1.48. The van der Waals surface area contributed by atoms with E-state index in [0.29, 0.717) is 25.2 Å². The van der Waals surface area contributed by atoms with E-state index in [4.69, 9.17) is 5.26 Å². The van der Waals surface area contributed by atoms with Crippen LogP contribution in [0.3, 0.4) is 0 Å². The van der Waals surface area contributed by atoms with Gasteiger partial charge in [-0.05, 0) is 25.5 Å². The van der Waals surface area contributed by atoms with E-state index in [1.54, 1.807) is 12.1 Å². The molecule has 0 aromatic carbocycles. The molecule has 1 heterocycles. The average molecular weight is 257 g/mol. The van der Waals surface area contributed by atoms with Crippen LogP contribution in [-0.2, 0) is 6.54 Å². The lowest BCUT2D eigenvalue weighted by molar-refractivity contribution is -0.135. The number of unbranched alkanes of at least 4 members (excludes halogenated alkanes) is 1. The van der Waals surface area contributed by atoms with Crippen molar-refractivity contribution in [2.75, 3.05) is 6.54 Å². The zero-order valence-electron chi connectivity index (χ0n) is 9.80. The summed E-state index contributed by atoms with van der Waals surface area (Å²) in [6, 6.07) is 5.46. The Labute approximate surface area is 104 Å². The largest absolute Gasteiger partial charge is 0.389 e. The van der Waals surface area contributed by atoms with Gasteiger partial charge in [-0.15, -0.1) is 0 Å². The molecule has 0 amide bonds. The maximum atomic E-state index is 11.9. The van der Waals surface area contributed by atoms with Gasteiger partial charge in [0.15, 0.2) is 0 Å². The van der Waals surface area contributed by atoms with Crippen LogP contribution in [0, 0.1) is 11.3 Å². The first-order valence-electron chi connectivity index (χ1n) is 5.64. The van der Waals surface area contributed by atoms with Gasteiger partial charge in [0, 0.05) is 24.7 Å². The highest BCUT2D eigenvalue weighted by atomic mass is 19.4. The Morgan fingerprint density at radius 2 is 2.11 bits per heavy atom. The Morgan fingerprint density at radius 3 is 2.78 bits per heavy atom. The third-order valence-corrected chi connectivity index (χ3v) is 2.38. The van der Waals surface area contributed by atoms with Crippen LogP contribution in [0.4, 0.5) is 13.2 Å². The summed E-state index contributed by atoms with van der Waals surface area (Å²) in [5.74, 6) is 0. The number of aromatic nitrogens is 1. The minimum absolute atomic E-state index is 0.120. The molecular weight excluding hydrogens is 243 g/mol. The minimum atomic E-state index is -4.07. The maximum Gasteiger partial charge on any atom is 0.389 e. The predicted octanol–water partition coefficient (Wildman–Crippen LogP) is 2.78. The number of nitrogens with zero attached hydrogens (tertiary/aromatic N) is 2. The van der Waals surface area contributed by atoms with E-state index in [9.17, 15) is 13.2 Å². The summed E-state index contributed by atoms with van der Waals surface area (Å²) in [6.45, 7) is 0.943. The number of nitrogens with one attached hydrogen (secondary N) is 1. The van der Waals surface area contributed by atoms with Crippen molar-refractivity contribution in [3.63, 3.8) is 0 Å². The molecule has 18 heavy (non-hydrogen) atoms. The second-order valence-electron chi connectivity index (χ2n) is 3.87. The quantitative estimate of drug-likeness (QED) is 0.797. The van der Waals surface area contributed by atoms with Crippen LogP contribution in [0.1, 0.15) is 30.5 Å². The van der Waals surface area contributed by atoms with E-state index in [1.807, 2.05) is 6.07 Å². The molecule has 0 atom stereocenters. The Hall–Kier alpha value is -1.61. The van der Waals surface area contributed by atoms with Crippen LogP contribution >= 0.6 is 0 Å². The molecule has 1 rings (SSSR count). The number of alkyl halides is 3. The summed E-state index contributed by atoms with van der Waals surface area (Å²) in [6.07, 6.45) is -2.70. The topological polar surface area (TPSA) is 48.7 Å². The molecule has 0 fully saturated rings. The molecule has 0 aliphatic rings. The number of hydrogen-bond acceptors (Lipinski definition) is 3. The number of nitriles is 1. The Kier molecular flexibility index (Phi) is 5.59. The van der Waals surface area contributed by atoms with E-state index in [0.717, 1.165) is 5.56 Å². The summed E-state index contributed by atoms with van der Waals surface area (Å²) < 4.78 is 35.6. The van der Waals surface area contributed by atoms with Gasteiger partial charge in [0.25, 0.3) is 0 Å². The van der Waals surface area contributed by atoms with Crippen LogP contribution in [0.2, 0.25) is 0 Å². The second kappa shape index (κ2) is 6.97. The molecule has 3 nitrogen and oxygen atoms in total. The lowest BCUT2D eigenvalue weighted by atomic mass is 10.2. The molecule has 1 aromatic rings. The van der Waals surface area contributed by atoms with Crippen molar-refractivity contribution in [3.8, 4) is 6.07 Å². The lowest BCUT2D eigenvalue weighted by Crippen LogP contribution is -2.16. The van der Waals surface area contributed by atoms with Crippen molar-refractivity contribution in [1.29, 1.82) is 5.26 Å². The number of pyridine rings is 1. The van der Waals surface area contributed by atoms with Crippen molar-refractivity contribution in [1.82, 2.24) is 10.3 Å². The third-order valence-electron chi connectivity index (χ3n) is 2.38. The van der Waals surface area contributed by atoms with Crippen LogP contribution in [-0.4, -0.2) is 17.7 Å². The monoisotopic (exact) mass is 257 g/mol. The number of rotatable bonds is 6. The summed E-state index contributed by atoms with van der Waals surface area (Å²) in [5.41, 5.74) is 1.11. The number of hydrogen-bond donors (Lipinski definition) is 1. The standard InChI is InChI=1S/C12H14F3N3/c13-12(14,15)5-1-2-6-17-9-10-4-3-7-18-11(10)8-16/h3-4,7,17H,1-2,5-6,9H2. The molecule has 1 aromatic heterocycles. The first-order chi connectivity index (χ1) is 8.53. The predicted molar refractivity (Wildman–Crippen MR) is 60.6 cm³/mol. The van der Waals surface area contributed by atoms with Crippen LogP contribution in [0.5, 0.6) is 0 Å². The third kappa shape index (κ3) is 5.64. The molecule has 6 heteroatoms. The SMILES string of the molecule is N#Cc1ncccc1CNCCCCC(F)(F)F. The molecule has 0 radical (unpaired) electrons. The first-order valence-corrected chi connectivity index (χ1v) is 5.64. The van der Waals surface area contributed by atoms with Gasteiger partial charge in [-0.25, -0.2) is 4.98 Å². The average Bonchev–Trinajstić information content (AvgIpc) is 2.32. The maximum absolute atomic E-state index is 11.9. The van der Waals surface area contributed by atoms with Gasteiger partial charge in [0.05, 0.1) is 0 Å². The normalized spacial score (nSPS) is 11.2. The van der Waals surface area contributed by atoms with E-state index in [2.05, 4.69) is 10.3 Å². The Morgan fingerprint density at radius 1 is 1.33 bits per heavy atom. The van der Waals surface area contributed by atoms with E-state index in [-0.39, 0.29) is 6.42 Å². The molecule has 0 aliphatic carbocycles. The van der Waals surface area contributed by atoms with Gasteiger partial charge in [0.1, 0.15) is 11.8 Å². The van der Waals surface area contributed by atoms with Gasteiger partial charge in [0.2, 0.25) is 0 Å². The fraction of sp³-hybridized carbons (Fsp3) is 0.500. The summed E-state index contributed by atoms with van der Waals surface area (Å²) >= 11 is 0. The van der Waals surface area contributed by atoms with Crippen LogP contribution in [0.15, 0.2) is 18.3 Å². The molecule has 0 spiro atoms. The van der Waals surface area contributed by atoms with Gasteiger partial charge in [-0.2, -0.15) is 18.4 Å². The zero-order chi connectivity index (χ0) is 13.4. The molecule has 1 N–H and O–H groups in total. The molecule has 0 aliphatic heterocycles. The van der Waals surface area contributed by atoms with Crippen LogP contribution in [0.25, 0.3) is 0 Å². The van der Waals surface area contributed by atoms with Gasteiger partial charge >= 0.3 is 6.18 Å². The van der Waals surface area contributed by atoms with Crippen molar-refractivity contribution < 1.29 is 13.2 Å². The van der Waals surface area contributed by atoms with Crippen LogP contribution < -0.4 is 5.32 Å². The first kappa shape index (κ1) is 14.5. The lowest BCUT2D eigenvalue weighted by Gasteiger charge is -2.07. The second-order valence-corrected chi connectivity index (χ2v) is 3.87. The molecule has 0 unspecified atom stereocenters. The summed E-state index contributed by atoms with van der Waals surface area (Å²) in [7, 11) is 0. The van der Waals surface area contributed by atoms with Crippen molar-refractivity contribution in [3.05, 3.63) is 29.6 Å². The molecular formula is C12H14F3N3. The van der Waals surface area contributed by atoms with E-state index < -0.39 is 12.6 Å². The van der Waals surface area contributed by atoms with Crippen molar-refractivity contribution in [2.45, 2.75) is 32.0 Å². The highest BCUT2D eigenvalue weighted by Gasteiger charge is 2.25. The van der Waals surface area contributed by atoms with E-state index >= 15 is 0 Å². The van der Waals surface area contributed by atoms with Gasteiger partial charge in [-0.1, -0.05) is 6.07 Å². The molecule has 0 saturated carbocycles. The van der Waals surface area contributed by atoms with Gasteiger partial charge in [-0.3, -0.25) is 0 Å². The molecule has 98 valence electrons. The van der Waals surface area contributed by atoms with Crippen molar-refractivity contribution in [2.24, 2.45) is 0 Å². The molecule has 0 saturated heterocycles. The van der Waals surface area contributed by atoms with Crippen molar-refractivity contribution >= 4 is 0 Å². The highest BCUT2D eigenvalue weighted by molar-refractivity contribution is 5.30. The zero-order valence-corrected chi connectivity index (χ0v) is 9.80. The fourth-order valence-electron chi connectivity index (χ4n) is 1.48. The van der Waals surface area contributed by atoms with Gasteiger partial charge < -0.3 is 5.32 Å². The molecule has 0 bridgehead atoms. The minimum Gasteiger partial charge on any atom is -0.313 e. The Bertz CT molecular complexity index is 410. The highest BCUT2D eigenvalue weighted by Crippen LogP contribution is 2.21. The Balaban J connectivity index is 2.21. The van der Waals surface area contributed by atoms with E-state index in [1.165, 1.54) is 6.20 Å². The summed E-state index contributed by atoms with van der Waals surface area (Å²) in [5, 5.41) is 11.8. The number of halogens is 3. The smallest absolute Gasteiger partial charge is 0.313 e.